The lowest BCUT2D eigenvalue weighted by Gasteiger charge is -2.36. The van der Waals surface area contributed by atoms with Crippen LogP contribution in [0.2, 0.25) is 10.0 Å². The number of benzene rings is 1. The molecular formula is C14H23Cl2NO. The zero-order valence-electron chi connectivity index (χ0n) is 11.8. The number of halogens is 2. The molecule has 104 valence electrons. The van der Waals surface area contributed by atoms with E-state index in [0.29, 0.717) is 10.0 Å². The van der Waals surface area contributed by atoms with Gasteiger partial charge >= 0.3 is 0 Å². The maximum atomic E-state index is 5.85. The van der Waals surface area contributed by atoms with Gasteiger partial charge in [-0.1, -0.05) is 50.9 Å². The first-order valence-electron chi connectivity index (χ1n) is 6.45. The highest BCUT2D eigenvalue weighted by molar-refractivity contribution is 6.34. The zero-order valence-corrected chi connectivity index (χ0v) is 13.3. The Morgan fingerprint density at radius 3 is 1.83 bits per heavy atom. The van der Waals surface area contributed by atoms with Crippen LogP contribution in [0.15, 0.2) is 18.2 Å². The number of hydrogen-bond acceptors (Lipinski definition) is 2. The molecule has 1 aromatic rings. The first-order valence-corrected chi connectivity index (χ1v) is 7.20. The Bertz CT molecular complexity index is 318. The Labute approximate surface area is 121 Å². The Kier molecular flexibility index (Phi) is 9.25. The Morgan fingerprint density at radius 2 is 1.44 bits per heavy atom. The molecular weight excluding hydrogens is 269 g/mol. The minimum Gasteiger partial charge on any atom is -0.488 e. The van der Waals surface area contributed by atoms with Gasteiger partial charge in [-0.2, -0.15) is 0 Å². The van der Waals surface area contributed by atoms with Crippen LogP contribution in [0.4, 0.5) is 0 Å². The Morgan fingerprint density at radius 1 is 1.00 bits per heavy atom. The average Bonchev–Trinajstić information content (AvgIpc) is 2.31. The normalized spacial score (nSPS) is 14.6. The number of hydrogen-bond donors (Lipinski definition) is 0. The lowest BCUT2D eigenvalue weighted by molar-refractivity contribution is 0.0388. The van der Waals surface area contributed by atoms with E-state index < -0.39 is 0 Å². The van der Waals surface area contributed by atoms with E-state index in [4.69, 9.17) is 27.9 Å². The van der Waals surface area contributed by atoms with E-state index in [2.05, 4.69) is 11.9 Å². The molecule has 0 unspecified atom stereocenters. The maximum absolute atomic E-state index is 5.85. The molecule has 1 aliphatic rings. The fourth-order valence-corrected chi connectivity index (χ4v) is 2.01. The van der Waals surface area contributed by atoms with E-state index >= 15 is 0 Å². The molecule has 2 nitrogen and oxygen atoms in total. The molecule has 0 N–H and O–H groups in total. The summed E-state index contributed by atoms with van der Waals surface area (Å²) in [5, 5.41) is 1.22. The van der Waals surface area contributed by atoms with Crippen molar-refractivity contribution in [2.45, 2.75) is 33.8 Å². The molecule has 0 aromatic heterocycles. The summed E-state index contributed by atoms with van der Waals surface area (Å²) in [6.07, 6.45) is 0.273. The average molecular weight is 292 g/mol. The van der Waals surface area contributed by atoms with E-state index in [-0.39, 0.29) is 6.10 Å². The summed E-state index contributed by atoms with van der Waals surface area (Å²) in [5.74, 6) is 0.751. The van der Waals surface area contributed by atoms with Gasteiger partial charge in [-0.25, -0.2) is 0 Å². The lowest BCUT2D eigenvalue weighted by Crippen LogP contribution is -2.51. The Hall–Kier alpha value is -0.440. The molecule has 18 heavy (non-hydrogen) atoms. The van der Waals surface area contributed by atoms with Gasteiger partial charge in [0.2, 0.25) is 0 Å². The third kappa shape index (κ3) is 5.94. The first-order chi connectivity index (χ1) is 8.63. The smallest absolute Gasteiger partial charge is 0.124 e. The van der Waals surface area contributed by atoms with Crippen molar-refractivity contribution in [3.63, 3.8) is 0 Å². The van der Waals surface area contributed by atoms with Crippen LogP contribution in [-0.4, -0.2) is 31.1 Å². The highest BCUT2D eigenvalue weighted by atomic mass is 35.5. The fourth-order valence-electron chi connectivity index (χ4n) is 1.51. The molecule has 0 aliphatic carbocycles. The van der Waals surface area contributed by atoms with Crippen molar-refractivity contribution in [1.29, 1.82) is 0 Å². The van der Waals surface area contributed by atoms with E-state index in [1.165, 1.54) is 0 Å². The summed E-state index contributed by atoms with van der Waals surface area (Å²) in [6, 6.07) is 5.26. The fraction of sp³-hybridized carbons (Fsp3) is 0.571. The van der Waals surface area contributed by atoms with Crippen LogP contribution >= 0.6 is 23.2 Å². The monoisotopic (exact) mass is 291 g/mol. The summed E-state index contributed by atoms with van der Waals surface area (Å²) < 4.78 is 5.67. The highest BCUT2D eigenvalue weighted by Crippen LogP contribution is 2.26. The molecule has 0 spiro atoms. The van der Waals surface area contributed by atoms with Crippen LogP contribution in [0.3, 0.4) is 0 Å². The number of likely N-dealkylation sites (tertiary alicyclic amines) is 1. The predicted molar refractivity (Wildman–Crippen MR) is 81.1 cm³/mol. The molecule has 0 radical (unpaired) electrons. The van der Waals surface area contributed by atoms with Crippen molar-refractivity contribution in [1.82, 2.24) is 4.90 Å². The van der Waals surface area contributed by atoms with E-state index in [1.807, 2.05) is 27.7 Å². The predicted octanol–water partition coefficient (Wildman–Crippen LogP) is 4.74. The van der Waals surface area contributed by atoms with Crippen LogP contribution in [0.1, 0.15) is 27.7 Å². The van der Waals surface area contributed by atoms with Gasteiger partial charge in [-0.3, -0.25) is 4.90 Å². The van der Waals surface area contributed by atoms with Crippen LogP contribution in [-0.2, 0) is 0 Å². The second-order valence-electron chi connectivity index (χ2n) is 3.57. The molecule has 1 saturated heterocycles. The maximum Gasteiger partial charge on any atom is 0.124 e. The summed E-state index contributed by atoms with van der Waals surface area (Å²) in [5.41, 5.74) is 0. The molecule has 1 aromatic carbocycles. The highest BCUT2D eigenvalue weighted by Gasteiger charge is 2.24. The van der Waals surface area contributed by atoms with Crippen LogP contribution < -0.4 is 4.74 Å². The van der Waals surface area contributed by atoms with Crippen LogP contribution in [0, 0.1) is 0 Å². The molecule has 1 aliphatic heterocycles. The molecule has 1 fully saturated rings. The molecule has 0 atom stereocenters. The SMILES string of the molecule is CC.CC.CN1CC(Oc2cc(Cl)cc(Cl)c2)C1. The second-order valence-corrected chi connectivity index (χ2v) is 4.44. The third-order valence-electron chi connectivity index (χ3n) is 2.17. The minimum absolute atomic E-state index is 0.273. The van der Waals surface area contributed by atoms with Gasteiger partial charge in [-0.05, 0) is 25.2 Å². The molecule has 0 saturated carbocycles. The van der Waals surface area contributed by atoms with Gasteiger partial charge in [0.15, 0.2) is 0 Å². The van der Waals surface area contributed by atoms with Crippen molar-refractivity contribution >= 4 is 23.2 Å². The topological polar surface area (TPSA) is 12.5 Å². The molecule has 1 heterocycles. The van der Waals surface area contributed by atoms with Gasteiger partial charge in [0.1, 0.15) is 11.9 Å². The van der Waals surface area contributed by atoms with Crippen LogP contribution in [0.5, 0.6) is 5.75 Å². The van der Waals surface area contributed by atoms with Crippen molar-refractivity contribution in [2.75, 3.05) is 20.1 Å². The summed E-state index contributed by atoms with van der Waals surface area (Å²) >= 11 is 11.7. The van der Waals surface area contributed by atoms with Gasteiger partial charge < -0.3 is 4.74 Å². The van der Waals surface area contributed by atoms with E-state index in [1.54, 1.807) is 18.2 Å². The zero-order chi connectivity index (χ0) is 14.1. The molecule has 0 amide bonds. The number of ether oxygens (including phenoxy) is 1. The summed E-state index contributed by atoms with van der Waals surface area (Å²) in [7, 11) is 2.06. The quantitative estimate of drug-likeness (QED) is 0.780. The first kappa shape index (κ1) is 17.6. The standard InChI is InChI=1S/C10H11Cl2NO.2C2H6/c1-13-5-10(6-13)14-9-3-7(11)2-8(12)4-9;2*1-2/h2-4,10H,5-6H2,1H3;2*1-2H3. The van der Waals surface area contributed by atoms with E-state index in [0.717, 1.165) is 18.8 Å². The Balaban J connectivity index is 0.000000659. The minimum atomic E-state index is 0.273. The van der Waals surface area contributed by atoms with Gasteiger partial charge in [0.05, 0.1) is 0 Å². The number of likely N-dealkylation sites (N-methyl/N-ethyl adjacent to an activating group) is 1. The molecule has 2 rings (SSSR count). The van der Waals surface area contributed by atoms with Crippen molar-refractivity contribution in [2.24, 2.45) is 0 Å². The third-order valence-corrected chi connectivity index (χ3v) is 2.61. The van der Waals surface area contributed by atoms with Gasteiger partial charge in [0.25, 0.3) is 0 Å². The van der Waals surface area contributed by atoms with Gasteiger partial charge in [-0.15, -0.1) is 0 Å². The van der Waals surface area contributed by atoms with Crippen molar-refractivity contribution < 1.29 is 4.74 Å². The number of nitrogens with zero attached hydrogens (tertiary/aromatic N) is 1. The van der Waals surface area contributed by atoms with Gasteiger partial charge in [0, 0.05) is 23.1 Å². The van der Waals surface area contributed by atoms with Crippen molar-refractivity contribution in [3.8, 4) is 5.75 Å². The lowest BCUT2D eigenvalue weighted by atomic mass is 10.2. The van der Waals surface area contributed by atoms with E-state index in [9.17, 15) is 0 Å². The number of rotatable bonds is 2. The largest absolute Gasteiger partial charge is 0.488 e. The van der Waals surface area contributed by atoms with Crippen LogP contribution in [0.25, 0.3) is 0 Å². The second kappa shape index (κ2) is 9.48. The molecule has 0 bridgehead atoms. The summed E-state index contributed by atoms with van der Waals surface area (Å²) in [6.45, 7) is 9.92. The van der Waals surface area contributed by atoms with Crippen molar-refractivity contribution in [3.05, 3.63) is 28.2 Å². The summed E-state index contributed by atoms with van der Waals surface area (Å²) in [4.78, 5) is 2.19. The molecule has 4 heteroatoms.